The van der Waals surface area contributed by atoms with Gasteiger partial charge in [-0.15, -0.1) is 10.2 Å². The lowest BCUT2D eigenvalue weighted by molar-refractivity contribution is 0.0378. The predicted molar refractivity (Wildman–Crippen MR) is 96.3 cm³/mol. The van der Waals surface area contributed by atoms with Crippen molar-refractivity contribution in [2.24, 2.45) is 0 Å². The van der Waals surface area contributed by atoms with Crippen LogP contribution in [0.25, 0.3) is 16.7 Å². The summed E-state index contributed by atoms with van der Waals surface area (Å²) in [5, 5.41) is 8.94. The standard InChI is InChI=1S/C17H17BrN4O2/c1-9(2)24-17(23)11-4-6-12(7-5-11)22-20-13-8-10(3)15(19)14(18)16(13)21-22/h4-9H,19H2,1-3H3. The maximum absolute atomic E-state index is 11.9. The van der Waals surface area contributed by atoms with Crippen LogP contribution in [0, 0.1) is 6.92 Å². The molecule has 3 rings (SSSR count). The summed E-state index contributed by atoms with van der Waals surface area (Å²) >= 11 is 3.47. The Hall–Kier alpha value is -2.41. The third-order valence-electron chi connectivity index (χ3n) is 3.54. The van der Waals surface area contributed by atoms with Gasteiger partial charge in [0.2, 0.25) is 0 Å². The van der Waals surface area contributed by atoms with E-state index >= 15 is 0 Å². The van der Waals surface area contributed by atoms with Crippen molar-refractivity contribution in [1.29, 1.82) is 0 Å². The topological polar surface area (TPSA) is 83.0 Å². The zero-order valence-corrected chi connectivity index (χ0v) is 15.2. The number of benzene rings is 2. The first kappa shape index (κ1) is 16.4. The van der Waals surface area contributed by atoms with Gasteiger partial charge >= 0.3 is 5.97 Å². The Balaban J connectivity index is 1.96. The molecule has 0 bridgehead atoms. The van der Waals surface area contributed by atoms with Gasteiger partial charge in [-0.2, -0.15) is 4.80 Å². The smallest absolute Gasteiger partial charge is 0.338 e. The van der Waals surface area contributed by atoms with Crippen LogP contribution in [0.1, 0.15) is 29.8 Å². The number of nitrogens with zero attached hydrogens (tertiary/aromatic N) is 3. The zero-order valence-electron chi connectivity index (χ0n) is 13.6. The van der Waals surface area contributed by atoms with E-state index < -0.39 is 0 Å². The molecule has 0 radical (unpaired) electrons. The first-order valence-corrected chi connectivity index (χ1v) is 8.29. The summed E-state index contributed by atoms with van der Waals surface area (Å²) in [4.78, 5) is 13.4. The van der Waals surface area contributed by atoms with Crippen molar-refractivity contribution in [3.8, 4) is 5.69 Å². The number of carbonyl (C=O) groups excluding carboxylic acids is 1. The van der Waals surface area contributed by atoms with Gasteiger partial charge in [-0.1, -0.05) is 0 Å². The van der Waals surface area contributed by atoms with Crippen LogP contribution in [0.2, 0.25) is 0 Å². The molecule has 0 fully saturated rings. The number of anilines is 1. The van der Waals surface area contributed by atoms with Gasteiger partial charge in [0.15, 0.2) is 0 Å². The van der Waals surface area contributed by atoms with Crippen LogP contribution in [0.3, 0.4) is 0 Å². The molecule has 0 atom stereocenters. The van der Waals surface area contributed by atoms with Crippen molar-refractivity contribution in [3.05, 3.63) is 45.9 Å². The monoisotopic (exact) mass is 388 g/mol. The summed E-state index contributed by atoms with van der Waals surface area (Å²) < 4.78 is 5.91. The molecule has 0 aliphatic rings. The molecule has 1 heterocycles. The van der Waals surface area contributed by atoms with Crippen molar-refractivity contribution < 1.29 is 9.53 Å². The fraction of sp³-hybridized carbons (Fsp3) is 0.235. The molecule has 24 heavy (non-hydrogen) atoms. The molecule has 7 heteroatoms. The molecule has 0 saturated heterocycles. The molecule has 0 aliphatic heterocycles. The number of rotatable bonds is 3. The summed E-state index contributed by atoms with van der Waals surface area (Å²) in [5.41, 5.74) is 10.3. The molecule has 0 amide bonds. The minimum Gasteiger partial charge on any atom is -0.459 e. The van der Waals surface area contributed by atoms with Gasteiger partial charge in [0, 0.05) is 0 Å². The number of halogens is 1. The van der Waals surface area contributed by atoms with Gasteiger partial charge in [-0.3, -0.25) is 0 Å². The second-order valence-electron chi connectivity index (χ2n) is 5.78. The Bertz CT molecular complexity index is 916. The lowest BCUT2D eigenvalue weighted by Crippen LogP contribution is -2.11. The fourth-order valence-corrected chi connectivity index (χ4v) is 2.88. The van der Waals surface area contributed by atoms with Crippen LogP contribution in [-0.4, -0.2) is 27.1 Å². The SMILES string of the molecule is Cc1cc2nn(-c3ccc(C(=O)OC(C)C)cc3)nc2c(Br)c1N. The highest BCUT2D eigenvalue weighted by atomic mass is 79.9. The quantitative estimate of drug-likeness (QED) is 0.546. The molecular formula is C17H17BrN4O2. The van der Waals surface area contributed by atoms with Crippen LogP contribution >= 0.6 is 15.9 Å². The molecular weight excluding hydrogens is 372 g/mol. The Labute approximate surface area is 147 Å². The molecule has 6 nitrogen and oxygen atoms in total. The van der Waals surface area contributed by atoms with Crippen LogP contribution < -0.4 is 5.73 Å². The van der Waals surface area contributed by atoms with E-state index in [1.165, 1.54) is 4.80 Å². The zero-order chi connectivity index (χ0) is 17.4. The number of hydrogen-bond donors (Lipinski definition) is 1. The van der Waals surface area contributed by atoms with E-state index in [2.05, 4.69) is 26.1 Å². The molecule has 2 aromatic carbocycles. The second kappa shape index (κ2) is 6.24. The van der Waals surface area contributed by atoms with Gasteiger partial charge in [-0.05, 0) is 72.6 Å². The van der Waals surface area contributed by atoms with Crippen LogP contribution in [0.4, 0.5) is 5.69 Å². The largest absolute Gasteiger partial charge is 0.459 e. The average Bonchev–Trinajstić information content (AvgIpc) is 2.96. The number of nitrogens with two attached hydrogens (primary N) is 1. The Morgan fingerprint density at radius 2 is 1.92 bits per heavy atom. The minimum atomic E-state index is -0.346. The number of ether oxygens (including phenoxy) is 1. The molecule has 124 valence electrons. The van der Waals surface area contributed by atoms with Crippen molar-refractivity contribution >= 4 is 38.6 Å². The highest BCUT2D eigenvalue weighted by Gasteiger charge is 2.13. The van der Waals surface area contributed by atoms with Gasteiger partial charge < -0.3 is 10.5 Å². The number of fused-ring (bicyclic) bond motifs is 1. The lowest BCUT2D eigenvalue weighted by Gasteiger charge is -2.08. The predicted octanol–water partition coefficient (Wildman–Crippen LogP) is 3.64. The summed E-state index contributed by atoms with van der Waals surface area (Å²) in [7, 11) is 0. The number of hydrogen-bond acceptors (Lipinski definition) is 5. The van der Waals surface area contributed by atoms with E-state index in [-0.39, 0.29) is 12.1 Å². The van der Waals surface area contributed by atoms with E-state index in [4.69, 9.17) is 10.5 Å². The number of carbonyl (C=O) groups is 1. The van der Waals surface area contributed by atoms with Crippen LogP contribution in [0.15, 0.2) is 34.8 Å². The number of esters is 1. The Morgan fingerprint density at radius 1 is 1.25 bits per heavy atom. The van der Waals surface area contributed by atoms with Crippen molar-refractivity contribution in [2.45, 2.75) is 26.9 Å². The highest BCUT2D eigenvalue weighted by molar-refractivity contribution is 9.10. The van der Waals surface area contributed by atoms with E-state index in [0.29, 0.717) is 16.8 Å². The number of aromatic nitrogens is 3. The fourth-order valence-electron chi connectivity index (χ4n) is 2.28. The van der Waals surface area contributed by atoms with Crippen molar-refractivity contribution in [3.63, 3.8) is 0 Å². The molecule has 2 N–H and O–H groups in total. The van der Waals surface area contributed by atoms with Crippen molar-refractivity contribution in [1.82, 2.24) is 15.0 Å². The molecule has 3 aromatic rings. The molecule has 0 saturated carbocycles. The first-order chi connectivity index (χ1) is 11.4. The molecule has 0 aliphatic carbocycles. The maximum atomic E-state index is 11.9. The van der Waals surface area contributed by atoms with Crippen LogP contribution in [-0.2, 0) is 4.74 Å². The summed E-state index contributed by atoms with van der Waals surface area (Å²) in [5.74, 6) is -0.346. The summed E-state index contributed by atoms with van der Waals surface area (Å²) in [6.07, 6.45) is -0.152. The summed E-state index contributed by atoms with van der Waals surface area (Å²) in [6.45, 7) is 5.56. The van der Waals surface area contributed by atoms with Gasteiger partial charge in [-0.25, -0.2) is 4.79 Å². The Morgan fingerprint density at radius 3 is 2.54 bits per heavy atom. The third kappa shape index (κ3) is 2.99. The van der Waals surface area contributed by atoms with Gasteiger partial charge in [0.05, 0.1) is 27.5 Å². The Kier molecular flexibility index (Phi) is 4.28. The van der Waals surface area contributed by atoms with E-state index in [1.54, 1.807) is 24.3 Å². The van der Waals surface area contributed by atoms with Gasteiger partial charge in [0.1, 0.15) is 11.0 Å². The first-order valence-electron chi connectivity index (χ1n) is 7.50. The number of aryl methyl sites for hydroxylation is 1. The molecule has 0 unspecified atom stereocenters. The average molecular weight is 389 g/mol. The van der Waals surface area contributed by atoms with Crippen LogP contribution in [0.5, 0.6) is 0 Å². The third-order valence-corrected chi connectivity index (χ3v) is 4.34. The normalized spacial score (nSPS) is 11.2. The highest BCUT2D eigenvalue weighted by Crippen LogP contribution is 2.30. The number of nitrogen functional groups attached to an aromatic ring is 1. The minimum absolute atomic E-state index is 0.152. The lowest BCUT2D eigenvalue weighted by atomic mass is 10.2. The molecule has 1 aromatic heterocycles. The van der Waals surface area contributed by atoms with Gasteiger partial charge in [0.25, 0.3) is 0 Å². The second-order valence-corrected chi connectivity index (χ2v) is 6.57. The van der Waals surface area contributed by atoms with E-state index in [0.717, 1.165) is 21.2 Å². The molecule has 0 spiro atoms. The van der Waals surface area contributed by atoms with E-state index in [9.17, 15) is 4.79 Å². The van der Waals surface area contributed by atoms with Crippen molar-refractivity contribution in [2.75, 3.05) is 5.73 Å². The summed E-state index contributed by atoms with van der Waals surface area (Å²) in [6, 6.07) is 8.85. The maximum Gasteiger partial charge on any atom is 0.338 e. The van der Waals surface area contributed by atoms with E-state index in [1.807, 2.05) is 26.8 Å².